The molecule has 8 heteroatoms. The van der Waals surface area contributed by atoms with E-state index in [4.69, 9.17) is 0 Å². The van der Waals surface area contributed by atoms with Gasteiger partial charge in [-0.05, 0) is 42.8 Å². The summed E-state index contributed by atoms with van der Waals surface area (Å²) < 4.78 is 0. The van der Waals surface area contributed by atoms with Gasteiger partial charge in [0.2, 0.25) is 5.78 Å². The van der Waals surface area contributed by atoms with Crippen LogP contribution in [0.1, 0.15) is 20.8 Å². The molecule has 0 radical (unpaired) electrons. The molecule has 0 unspecified atom stereocenters. The van der Waals surface area contributed by atoms with Crippen molar-refractivity contribution in [3.63, 3.8) is 0 Å². The lowest BCUT2D eigenvalue weighted by atomic mass is 10.1. The Morgan fingerprint density at radius 3 is 2.48 bits per heavy atom. The molecule has 0 atom stereocenters. The molecule has 0 spiro atoms. The molecule has 0 aliphatic rings. The summed E-state index contributed by atoms with van der Waals surface area (Å²) in [7, 11) is 3.97. The average molecular weight is 382 g/mol. The Morgan fingerprint density at radius 1 is 1.19 bits per heavy atom. The summed E-state index contributed by atoms with van der Waals surface area (Å²) in [6.45, 7) is 2.01. The van der Waals surface area contributed by atoms with Gasteiger partial charge >= 0.3 is 0 Å². The Bertz CT molecular complexity index is 996. The third-order valence-electron chi connectivity index (χ3n) is 4.04. The number of aromatic nitrogens is 1. The molecule has 7 nitrogen and oxygen atoms in total. The Labute approximate surface area is 160 Å². The third-order valence-corrected chi connectivity index (χ3v) is 4.95. The smallest absolute Gasteiger partial charge is 0.269 e. The molecule has 0 aliphatic carbocycles. The molecule has 138 valence electrons. The van der Waals surface area contributed by atoms with E-state index in [1.165, 1.54) is 41.8 Å². The van der Waals surface area contributed by atoms with Gasteiger partial charge in [0.05, 0.1) is 16.0 Å². The fourth-order valence-electron chi connectivity index (χ4n) is 2.50. The molecule has 27 heavy (non-hydrogen) atoms. The molecule has 0 amide bonds. The van der Waals surface area contributed by atoms with E-state index in [-0.39, 0.29) is 11.5 Å². The van der Waals surface area contributed by atoms with Crippen molar-refractivity contribution in [3.8, 4) is 0 Å². The van der Waals surface area contributed by atoms with Crippen LogP contribution in [0.15, 0.2) is 48.7 Å². The minimum absolute atomic E-state index is 0.0464. The SMILES string of the molecule is Cc1cc(N(C)C)ccc1Nc1ncc(C(=O)c2ccc([N+](=O)[O-])cc2)s1. The van der Waals surface area contributed by atoms with Crippen LogP contribution in [0.3, 0.4) is 0 Å². The van der Waals surface area contributed by atoms with Gasteiger partial charge in [0.25, 0.3) is 5.69 Å². The number of benzene rings is 2. The van der Waals surface area contributed by atoms with E-state index in [1.807, 2.05) is 38.1 Å². The molecule has 0 saturated carbocycles. The maximum absolute atomic E-state index is 12.5. The lowest BCUT2D eigenvalue weighted by molar-refractivity contribution is -0.384. The number of ketones is 1. The molecular weight excluding hydrogens is 364 g/mol. The highest BCUT2D eigenvalue weighted by Gasteiger charge is 2.15. The summed E-state index contributed by atoms with van der Waals surface area (Å²) in [5.41, 5.74) is 3.44. The van der Waals surface area contributed by atoms with E-state index in [1.54, 1.807) is 0 Å². The third kappa shape index (κ3) is 4.12. The summed E-state index contributed by atoms with van der Waals surface area (Å²) >= 11 is 1.24. The Kier molecular flexibility index (Phi) is 5.18. The first kappa shape index (κ1) is 18.5. The monoisotopic (exact) mass is 382 g/mol. The molecule has 3 rings (SSSR count). The van der Waals surface area contributed by atoms with Crippen molar-refractivity contribution in [1.29, 1.82) is 0 Å². The van der Waals surface area contributed by atoms with Gasteiger partial charge in [-0.2, -0.15) is 0 Å². The van der Waals surface area contributed by atoms with E-state index in [0.29, 0.717) is 15.6 Å². The van der Waals surface area contributed by atoms with Gasteiger partial charge in [0.15, 0.2) is 5.13 Å². The van der Waals surface area contributed by atoms with Crippen molar-refractivity contribution in [2.24, 2.45) is 0 Å². The van der Waals surface area contributed by atoms with E-state index in [9.17, 15) is 14.9 Å². The zero-order chi connectivity index (χ0) is 19.6. The number of aryl methyl sites for hydroxylation is 1. The van der Waals surface area contributed by atoms with Crippen LogP contribution in [0.5, 0.6) is 0 Å². The molecule has 3 aromatic rings. The van der Waals surface area contributed by atoms with Crippen molar-refractivity contribution in [1.82, 2.24) is 4.98 Å². The highest BCUT2D eigenvalue weighted by Crippen LogP contribution is 2.28. The van der Waals surface area contributed by atoms with Gasteiger partial charge in [-0.3, -0.25) is 14.9 Å². The fourth-order valence-corrected chi connectivity index (χ4v) is 3.29. The topological polar surface area (TPSA) is 88.4 Å². The maximum atomic E-state index is 12.5. The number of non-ortho nitro benzene ring substituents is 1. The Hall–Kier alpha value is -3.26. The number of thiazole rings is 1. The molecular formula is C19H18N4O3S. The quantitative estimate of drug-likeness (QED) is 0.386. The number of nitrogens with zero attached hydrogens (tertiary/aromatic N) is 3. The summed E-state index contributed by atoms with van der Waals surface area (Å²) in [4.78, 5) is 29.5. The standard InChI is InChI=1S/C19H18N4O3S/c1-12-10-15(22(2)3)8-9-16(12)21-19-20-11-17(27-19)18(24)13-4-6-14(7-5-13)23(25)26/h4-11H,1-3H3,(H,20,21). The summed E-state index contributed by atoms with van der Waals surface area (Å²) in [5.74, 6) is -0.213. The van der Waals surface area contributed by atoms with Crippen molar-refractivity contribution >= 4 is 39.3 Å². The van der Waals surface area contributed by atoms with Crippen LogP contribution in [0.2, 0.25) is 0 Å². The lowest BCUT2D eigenvalue weighted by Crippen LogP contribution is -2.08. The second kappa shape index (κ2) is 7.55. The number of carbonyl (C=O) groups excluding carboxylic acids is 1. The largest absolute Gasteiger partial charge is 0.378 e. The Balaban J connectivity index is 1.76. The van der Waals surface area contributed by atoms with Crippen molar-refractivity contribution in [2.45, 2.75) is 6.92 Å². The molecule has 1 heterocycles. The number of nitrogens with one attached hydrogen (secondary N) is 1. The van der Waals surface area contributed by atoms with E-state index in [0.717, 1.165) is 16.9 Å². The predicted molar refractivity (Wildman–Crippen MR) is 107 cm³/mol. The van der Waals surface area contributed by atoms with Crippen LogP contribution in [-0.2, 0) is 0 Å². The summed E-state index contributed by atoms with van der Waals surface area (Å²) in [6.07, 6.45) is 1.51. The molecule has 0 saturated heterocycles. The fraction of sp³-hybridized carbons (Fsp3) is 0.158. The van der Waals surface area contributed by atoms with E-state index < -0.39 is 4.92 Å². The van der Waals surface area contributed by atoms with E-state index in [2.05, 4.69) is 16.4 Å². The number of hydrogen-bond donors (Lipinski definition) is 1. The normalized spacial score (nSPS) is 10.5. The first-order chi connectivity index (χ1) is 12.8. The molecule has 0 bridgehead atoms. The van der Waals surface area contributed by atoms with Gasteiger partial charge in [-0.15, -0.1) is 0 Å². The number of rotatable bonds is 6. The Morgan fingerprint density at radius 2 is 1.89 bits per heavy atom. The first-order valence-electron chi connectivity index (χ1n) is 8.15. The number of hydrogen-bond acceptors (Lipinski definition) is 7. The minimum Gasteiger partial charge on any atom is -0.378 e. The van der Waals surface area contributed by atoms with Crippen LogP contribution >= 0.6 is 11.3 Å². The molecule has 1 N–H and O–H groups in total. The second-order valence-electron chi connectivity index (χ2n) is 6.18. The van der Waals surface area contributed by atoms with Crippen LogP contribution in [0, 0.1) is 17.0 Å². The van der Waals surface area contributed by atoms with Crippen molar-refractivity contribution in [3.05, 3.63) is 74.8 Å². The second-order valence-corrected chi connectivity index (χ2v) is 7.21. The maximum Gasteiger partial charge on any atom is 0.269 e. The van der Waals surface area contributed by atoms with Crippen LogP contribution in [-0.4, -0.2) is 29.8 Å². The highest BCUT2D eigenvalue weighted by molar-refractivity contribution is 7.17. The summed E-state index contributed by atoms with van der Waals surface area (Å²) in [6, 6.07) is 11.6. The first-order valence-corrected chi connectivity index (χ1v) is 8.97. The van der Waals surface area contributed by atoms with Gasteiger partial charge in [0, 0.05) is 43.2 Å². The number of nitro groups is 1. The summed E-state index contributed by atoms with van der Waals surface area (Å²) in [5, 5.41) is 14.6. The van der Waals surface area contributed by atoms with Crippen molar-refractivity contribution < 1.29 is 9.72 Å². The molecule has 0 fully saturated rings. The van der Waals surface area contributed by atoms with Crippen LogP contribution in [0.25, 0.3) is 0 Å². The number of carbonyl (C=O) groups is 1. The molecule has 0 aliphatic heterocycles. The molecule has 1 aromatic heterocycles. The van der Waals surface area contributed by atoms with Gasteiger partial charge < -0.3 is 10.2 Å². The number of anilines is 3. The minimum atomic E-state index is -0.493. The predicted octanol–water partition coefficient (Wildman–Crippen LogP) is 4.40. The highest BCUT2D eigenvalue weighted by atomic mass is 32.1. The van der Waals surface area contributed by atoms with Gasteiger partial charge in [0.1, 0.15) is 0 Å². The zero-order valence-electron chi connectivity index (χ0n) is 15.1. The van der Waals surface area contributed by atoms with E-state index >= 15 is 0 Å². The zero-order valence-corrected chi connectivity index (χ0v) is 15.9. The lowest BCUT2D eigenvalue weighted by Gasteiger charge is -2.15. The molecule has 2 aromatic carbocycles. The van der Waals surface area contributed by atoms with Gasteiger partial charge in [-0.1, -0.05) is 11.3 Å². The van der Waals surface area contributed by atoms with Crippen LogP contribution in [0.4, 0.5) is 22.2 Å². The van der Waals surface area contributed by atoms with Crippen LogP contribution < -0.4 is 10.2 Å². The van der Waals surface area contributed by atoms with Crippen molar-refractivity contribution in [2.75, 3.05) is 24.3 Å². The average Bonchev–Trinajstić information content (AvgIpc) is 3.11. The number of nitro benzene ring substituents is 1. The van der Waals surface area contributed by atoms with Gasteiger partial charge in [-0.25, -0.2) is 4.98 Å².